The molecule has 3 N–H and O–H groups in total. The third-order valence-electron chi connectivity index (χ3n) is 3.71. The highest BCUT2D eigenvalue weighted by molar-refractivity contribution is 5.74. The van der Waals surface area contributed by atoms with E-state index in [4.69, 9.17) is 0 Å². The van der Waals surface area contributed by atoms with Crippen molar-refractivity contribution in [1.29, 1.82) is 0 Å². The topological polar surface area (TPSA) is 85.9 Å². The zero-order chi connectivity index (χ0) is 14.2. The van der Waals surface area contributed by atoms with Crippen LogP contribution in [0, 0.1) is 5.41 Å². The van der Waals surface area contributed by atoms with Crippen LogP contribution in [-0.4, -0.2) is 15.1 Å². The predicted molar refractivity (Wildman–Crippen MR) is 74.2 cm³/mol. The zero-order valence-corrected chi connectivity index (χ0v) is 11.3. The Balaban J connectivity index is 2.56. The summed E-state index contributed by atoms with van der Waals surface area (Å²) in [5.41, 5.74) is 0.185. The van der Waals surface area contributed by atoms with Crippen LogP contribution in [0.25, 0.3) is 11.0 Å². The Morgan fingerprint density at radius 1 is 1.16 bits per heavy atom. The fourth-order valence-corrected chi connectivity index (χ4v) is 1.95. The first kappa shape index (κ1) is 13.5. The molecule has 0 saturated carbocycles. The minimum atomic E-state index is -0.686. The van der Waals surface area contributed by atoms with Crippen LogP contribution >= 0.6 is 0 Å². The van der Waals surface area contributed by atoms with Crippen molar-refractivity contribution in [1.82, 2.24) is 9.97 Å². The van der Waals surface area contributed by atoms with E-state index in [1.54, 1.807) is 18.2 Å². The number of aliphatic hydroxyl groups is 1. The molecule has 1 unspecified atom stereocenters. The Labute approximate surface area is 110 Å². The molecule has 2 rings (SSSR count). The standard InChI is InChI=1S/C14H18N2O3/c1-4-14(2,3)11(17)8-5-6-9-10(7-8)16-13(19)12(18)15-9/h5-7,11,17H,4H2,1-3H3,(H,15,18)(H,16,19). The molecule has 0 spiro atoms. The highest BCUT2D eigenvalue weighted by Crippen LogP contribution is 2.36. The van der Waals surface area contributed by atoms with Gasteiger partial charge in [-0.15, -0.1) is 0 Å². The summed E-state index contributed by atoms with van der Waals surface area (Å²) >= 11 is 0. The maximum Gasteiger partial charge on any atom is 0.314 e. The van der Waals surface area contributed by atoms with Gasteiger partial charge in [-0.2, -0.15) is 0 Å². The summed E-state index contributed by atoms with van der Waals surface area (Å²) in [7, 11) is 0. The Morgan fingerprint density at radius 3 is 2.32 bits per heavy atom. The molecule has 102 valence electrons. The van der Waals surface area contributed by atoms with E-state index in [0.717, 1.165) is 12.0 Å². The average Bonchev–Trinajstić information content (AvgIpc) is 2.38. The molecule has 1 heterocycles. The number of benzene rings is 1. The molecule has 0 aliphatic carbocycles. The van der Waals surface area contributed by atoms with Crippen molar-refractivity contribution in [3.8, 4) is 0 Å². The van der Waals surface area contributed by atoms with Gasteiger partial charge in [0, 0.05) is 0 Å². The van der Waals surface area contributed by atoms with E-state index in [0.29, 0.717) is 11.0 Å². The molecule has 1 aromatic carbocycles. The second-order valence-electron chi connectivity index (χ2n) is 5.46. The fraction of sp³-hybridized carbons (Fsp3) is 0.429. The Hall–Kier alpha value is -1.88. The monoisotopic (exact) mass is 262 g/mol. The van der Waals surface area contributed by atoms with Crippen molar-refractivity contribution in [3.63, 3.8) is 0 Å². The van der Waals surface area contributed by atoms with Gasteiger partial charge in [-0.3, -0.25) is 9.59 Å². The molecule has 0 aliphatic rings. The van der Waals surface area contributed by atoms with Crippen molar-refractivity contribution in [3.05, 3.63) is 44.5 Å². The second kappa shape index (κ2) is 4.66. The number of aromatic nitrogens is 2. The minimum absolute atomic E-state index is 0.254. The quantitative estimate of drug-likeness (QED) is 0.736. The minimum Gasteiger partial charge on any atom is -0.388 e. The summed E-state index contributed by atoms with van der Waals surface area (Å²) in [6.45, 7) is 5.98. The maximum absolute atomic E-state index is 11.3. The second-order valence-corrected chi connectivity index (χ2v) is 5.46. The van der Waals surface area contributed by atoms with Crippen LogP contribution in [-0.2, 0) is 0 Å². The van der Waals surface area contributed by atoms with Crippen molar-refractivity contribution >= 4 is 11.0 Å². The number of rotatable bonds is 3. The summed E-state index contributed by atoms with van der Waals surface area (Å²) in [6.07, 6.45) is 0.200. The first-order valence-corrected chi connectivity index (χ1v) is 6.29. The number of hydrogen-bond acceptors (Lipinski definition) is 3. The molecule has 0 saturated heterocycles. The third kappa shape index (κ3) is 2.46. The highest BCUT2D eigenvalue weighted by atomic mass is 16.3. The summed E-state index contributed by atoms with van der Waals surface area (Å²) in [5.74, 6) is 0. The Morgan fingerprint density at radius 2 is 1.74 bits per heavy atom. The lowest BCUT2D eigenvalue weighted by Gasteiger charge is -2.29. The van der Waals surface area contributed by atoms with Gasteiger partial charge in [0.1, 0.15) is 0 Å². The average molecular weight is 262 g/mol. The molecule has 0 bridgehead atoms. The molecule has 0 aliphatic heterocycles. The van der Waals surface area contributed by atoms with E-state index < -0.39 is 17.2 Å². The lowest BCUT2D eigenvalue weighted by Crippen LogP contribution is -2.29. The normalized spacial score (nSPS) is 13.7. The Kier molecular flexibility index (Phi) is 3.32. The van der Waals surface area contributed by atoms with Gasteiger partial charge in [0.25, 0.3) is 0 Å². The molecule has 1 atom stereocenters. The molecule has 19 heavy (non-hydrogen) atoms. The van der Waals surface area contributed by atoms with E-state index in [-0.39, 0.29) is 5.41 Å². The predicted octanol–water partition coefficient (Wildman–Crippen LogP) is 1.69. The molecular weight excluding hydrogens is 244 g/mol. The molecule has 5 nitrogen and oxygen atoms in total. The van der Waals surface area contributed by atoms with Gasteiger partial charge in [-0.05, 0) is 29.5 Å². The first-order valence-electron chi connectivity index (χ1n) is 6.29. The highest BCUT2D eigenvalue weighted by Gasteiger charge is 2.27. The first-order chi connectivity index (χ1) is 8.85. The van der Waals surface area contributed by atoms with Crippen LogP contribution in [0.1, 0.15) is 38.9 Å². The number of H-pyrrole nitrogens is 2. The van der Waals surface area contributed by atoms with Gasteiger partial charge in [0.2, 0.25) is 0 Å². The van der Waals surface area contributed by atoms with Gasteiger partial charge < -0.3 is 15.1 Å². The SMILES string of the molecule is CCC(C)(C)C(O)c1ccc2[nH]c(=O)c(=O)[nH]c2c1. The number of nitrogens with one attached hydrogen (secondary N) is 2. The summed E-state index contributed by atoms with van der Waals surface area (Å²) in [4.78, 5) is 27.5. The zero-order valence-electron chi connectivity index (χ0n) is 11.3. The summed E-state index contributed by atoms with van der Waals surface area (Å²) < 4.78 is 0. The van der Waals surface area contributed by atoms with Crippen LogP contribution in [0.5, 0.6) is 0 Å². The van der Waals surface area contributed by atoms with Gasteiger partial charge in [-0.25, -0.2) is 0 Å². The number of aromatic amines is 2. The molecule has 5 heteroatoms. The number of hydrogen-bond donors (Lipinski definition) is 3. The summed E-state index contributed by atoms with van der Waals surface area (Å²) in [6, 6.07) is 5.16. The van der Waals surface area contributed by atoms with E-state index in [1.807, 2.05) is 20.8 Å². The molecule has 0 amide bonds. The van der Waals surface area contributed by atoms with Crippen molar-refractivity contribution in [2.45, 2.75) is 33.3 Å². The van der Waals surface area contributed by atoms with Crippen LogP contribution < -0.4 is 11.1 Å². The molecular formula is C14H18N2O3. The molecule has 1 aromatic heterocycles. The smallest absolute Gasteiger partial charge is 0.314 e. The molecule has 2 aromatic rings. The lowest BCUT2D eigenvalue weighted by molar-refractivity contribution is 0.0466. The van der Waals surface area contributed by atoms with E-state index in [2.05, 4.69) is 9.97 Å². The number of aliphatic hydroxyl groups excluding tert-OH is 1. The van der Waals surface area contributed by atoms with Crippen LogP contribution in [0.4, 0.5) is 0 Å². The van der Waals surface area contributed by atoms with Crippen LogP contribution in [0.2, 0.25) is 0 Å². The lowest BCUT2D eigenvalue weighted by atomic mass is 9.80. The van der Waals surface area contributed by atoms with E-state index in [1.165, 1.54) is 0 Å². The number of fused-ring (bicyclic) bond motifs is 1. The van der Waals surface area contributed by atoms with Gasteiger partial charge in [-0.1, -0.05) is 26.8 Å². The third-order valence-corrected chi connectivity index (χ3v) is 3.71. The largest absolute Gasteiger partial charge is 0.388 e. The van der Waals surface area contributed by atoms with E-state index >= 15 is 0 Å². The summed E-state index contributed by atoms with van der Waals surface area (Å²) in [5, 5.41) is 10.4. The van der Waals surface area contributed by atoms with Crippen molar-refractivity contribution in [2.75, 3.05) is 0 Å². The maximum atomic E-state index is 11.3. The molecule has 0 fully saturated rings. The van der Waals surface area contributed by atoms with Crippen molar-refractivity contribution in [2.24, 2.45) is 5.41 Å². The van der Waals surface area contributed by atoms with Crippen LogP contribution in [0.3, 0.4) is 0 Å². The van der Waals surface area contributed by atoms with Crippen molar-refractivity contribution < 1.29 is 5.11 Å². The van der Waals surface area contributed by atoms with Gasteiger partial charge >= 0.3 is 11.1 Å². The fourth-order valence-electron chi connectivity index (χ4n) is 1.95. The van der Waals surface area contributed by atoms with E-state index in [9.17, 15) is 14.7 Å². The van der Waals surface area contributed by atoms with Gasteiger partial charge in [0.15, 0.2) is 0 Å². The Bertz CT molecular complexity index is 712. The van der Waals surface area contributed by atoms with Crippen LogP contribution in [0.15, 0.2) is 27.8 Å². The molecule has 0 radical (unpaired) electrons. The van der Waals surface area contributed by atoms with Gasteiger partial charge in [0.05, 0.1) is 17.1 Å².